The summed E-state index contributed by atoms with van der Waals surface area (Å²) in [5, 5.41) is 2.73. The fourth-order valence-corrected chi connectivity index (χ4v) is 1.16. The molecule has 0 saturated heterocycles. The van der Waals surface area contributed by atoms with Gasteiger partial charge in [-0.15, -0.1) is 0 Å². The van der Waals surface area contributed by atoms with E-state index in [0.29, 0.717) is 11.4 Å². The monoisotopic (exact) mass is 202 g/mol. The summed E-state index contributed by atoms with van der Waals surface area (Å²) in [5.41, 5.74) is 0.527. The highest BCUT2D eigenvalue weighted by molar-refractivity contribution is 6.03. The van der Waals surface area contributed by atoms with Crippen LogP contribution < -0.4 is 5.32 Å². The minimum atomic E-state index is -0.188. The van der Waals surface area contributed by atoms with Gasteiger partial charge in [-0.3, -0.25) is 9.78 Å². The summed E-state index contributed by atoms with van der Waals surface area (Å²) in [7, 11) is 1.81. The van der Waals surface area contributed by atoms with Crippen molar-refractivity contribution in [1.29, 1.82) is 0 Å². The molecule has 15 heavy (non-hydrogen) atoms. The highest BCUT2D eigenvalue weighted by Crippen LogP contribution is 2.06. The summed E-state index contributed by atoms with van der Waals surface area (Å²) in [5.74, 6) is 0.468. The van der Waals surface area contributed by atoms with Gasteiger partial charge in [-0.25, -0.2) is 4.98 Å². The molecule has 0 spiro atoms. The molecule has 0 aliphatic rings. The van der Waals surface area contributed by atoms with Gasteiger partial charge in [-0.1, -0.05) is 0 Å². The highest BCUT2D eigenvalue weighted by atomic mass is 16.1. The molecule has 0 aliphatic carbocycles. The van der Waals surface area contributed by atoms with E-state index in [1.807, 2.05) is 7.05 Å². The minimum Gasteiger partial charge on any atom is -0.320 e. The van der Waals surface area contributed by atoms with Crippen molar-refractivity contribution < 1.29 is 4.79 Å². The van der Waals surface area contributed by atoms with Crippen LogP contribution in [0.25, 0.3) is 0 Å². The number of rotatable bonds is 2. The Kier molecular flexibility index (Phi) is 2.45. The van der Waals surface area contributed by atoms with E-state index in [-0.39, 0.29) is 5.91 Å². The maximum absolute atomic E-state index is 11.7. The van der Waals surface area contributed by atoms with Gasteiger partial charge in [-0.05, 0) is 12.1 Å². The number of aryl methyl sites for hydroxylation is 1. The van der Waals surface area contributed by atoms with Crippen molar-refractivity contribution in [3.63, 3.8) is 0 Å². The van der Waals surface area contributed by atoms with E-state index in [4.69, 9.17) is 0 Å². The van der Waals surface area contributed by atoms with Gasteiger partial charge in [0.15, 0.2) is 0 Å². The molecule has 5 heteroatoms. The number of nitrogens with zero attached hydrogens (tertiary/aromatic N) is 3. The second-order valence-electron chi connectivity index (χ2n) is 3.09. The molecule has 2 aromatic rings. The van der Waals surface area contributed by atoms with E-state index in [1.165, 1.54) is 6.20 Å². The zero-order chi connectivity index (χ0) is 10.7. The van der Waals surface area contributed by atoms with Crippen LogP contribution in [0.5, 0.6) is 0 Å². The molecule has 0 unspecified atom stereocenters. The quantitative estimate of drug-likeness (QED) is 0.792. The Morgan fingerprint density at radius 3 is 2.87 bits per heavy atom. The van der Waals surface area contributed by atoms with Crippen LogP contribution in [0, 0.1) is 0 Å². The maximum Gasteiger partial charge on any atom is 0.258 e. The van der Waals surface area contributed by atoms with Gasteiger partial charge >= 0.3 is 0 Å². The Balaban J connectivity index is 2.15. The van der Waals surface area contributed by atoms with Crippen molar-refractivity contribution in [1.82, 2.24) is 14.5 Å². The van der Waals surface area contributed by atoms with Crippen molar-refractivity contribution in [2.24, 2.45) is 7.05 Å². The van der Waals surface area contributed by atoms with Gasteiger partial charge in [-0.2, -0.15) is 0 Å². The Morgan fingerprint density at radius 1 is 1.40 bits per heavy atom. The average molecular weight is 202 g/mol. The molecule has 0 aromatic carbocycles. The molecule has 1 amide bonds. The molecule has 76 valence electrons. The number of carbonyl (C=O) groups excluding carboxylic acids is 1. The number of anilines is 1. The van der Waals surface area contributed by atoms with Crippen molar-refractivity contribution in [3.05, 3.63) is 42.6 Å². The third kappa shape index (κ3) is 2.01. The Bertz CT molecular complexity index is 463. The van der Waals surface area contributed by atoms with Gasteiger partial charge in [0, 0.05) is 19.4 Å². The number of hydrogen-bond acceptors (Lipinski definition) is 3. The van der Waals surface area contributed by atoms with Gasteiger partial charge in [0.25, 0.3) is 5.91 Å². The SMILES string of the molecule is Cn1cncc1NC(=O)c1cccnc1. The Labute approximate surface area is 86.8 Å². The molecule has 2 aromatic heterocycles. The molecule has 2 rings (SSSR count). The first-order valence-corrected chi connectivity index (χ1v) is 4.45. The molecule has 0 bridgehead atoms. The maximum atomic E-state index is 11.7. The topological polar surface area (TPSA) is 59.8 Å². The first kappa shape index (κ1) is 9.39. The largest absolute Gasteiger partial charge is 0.320 e. The van der Waals surface area contributed by atoms with E-state index in [1.54, 1.807) is 35.4 Å². The average Bonchev–Trinajstić information content (AvgIpc) is 2.66. The van der Waals surface area contributed by atoms with Crippen molar-refractivity contribution >= 4 is 11.7 Å². The zero-order valence-corrected chi connectivity index (χ0v) is 8.21. The number of hydrogen-bond donors (Lipinski definition) is 1. The van der Waals surface area contributed by atoms with Crippen LogP contribution in [-0.4, -0.2) is 20.4 Å². The van der Waals surface area contributed by atoms with Crippen LogP contribution in [0.3, 0.4) is 0 Å². The first-order valence-electron chi connectivity index (χ1n) is 4.45. The van der Waals surface area contributed by atoms with Crippen molar-refractivity contribution in [2.75, 3.05) is 5.32 Å². The summed E-state index contributed by atoms with van der Waals surface area (Å²) in [6.07, 6.45) is 6.36. The third-order valence-electron chi connectivity index (χ3n) is 1.98. The normalized spacial score (nSPS) is 9.93. The van der Waals surface area contributed by atoms with E-state index >= 15 is 0 Å². The predicted molar refractivity (Wildman–Crippen MR) is 55.4 cm³/mol. The van der Waals surface area contributed by atoms with Crippen LogP contribution in [0.15, 0.2) is 37.1 Å². The van der Waals surface area contributed by atoms with E-state index in [9.17, 15) is 4.79 Å². The molecule has 5 nitrogen and oxygen atoms in total. The lowest BCUT2D eigenvalue weighted by atomic mass is 10.3. The van der Waals surface area contributed by atoms with Gasteiger partial charge in [0.05, 0.1) is 18.1 Å². The summed E-state index contributed by atoms with van der Waals surface area (Å²) in [6, 6.07) is 3.43. The first-order chi connectivity index (χ1) is 7.27. The lowest BCUT2D eigenvalue weighted by Crippen LogP contribution is -2.14. The summed E-state index contributed by atoms with van der Waals surface area (Å²) < 4.78 is 1.73. The summed E-state index contributed by atoms with van der Waals surface area (Å²) >= 11 is 0. The lowest BCUT2D eigenvalue weighted by molar-refractivity contribution is 0.102. The van der Waals surface area contributed by atoms with E-state index in [0.717, 1.165) is 0 Å². The fraction of sp³-hybridized carbons (Fsp3) is 0.100. The standard InChI is InChI=1S/C10H10N4O/c1-14-7-12-6-9(14)13-10(15)8-3-2-4-11-5-8/h2-7H,1H3,(H,13,15). The molecular formula is C10H10N4O. The van der Waals surface area contributed by atoms with Gasteiger partial charge < -0.3 is 9.88 Å². The van der Waals surface area contributed by atoms with Gasteiger partial charge in [0.1, 0.15) is 5.82 Å². The second-order valence-corrected chi connectivity index (χ2v) is 3.09. The van der Waals surface area contributed by atoms with Crippen molar-refractivity contribution in [3.8, 4) is 0 Å². The summed E-state index contributed by atoms with van der Waals surface area (Å²) in [4.78, 5) is 19.4. The van der Waals surface area contributed by atoms with Gasteiger partial charge in [0.2, 0.25) is 0 Å². The number of nitrogens with one attached hydrogen (secondary N) is 1. The zero-order valence-electron chi connectivity index (χ0n) is 8.21. The molecule has 1 N–H and O–H groups in total. The van der Waals surface area contributed by atoms with Crippen LogP contribution >= 0.6 is 0 Å². The molecular weight excluding hydrogens is 192 g/mol. The summed E-state index contributed by atoms with van der Waals surface area (Å²) in [6.45, 7) is 0. The van der Waals surface area contributed by atoms with Crippen molar-refractivity contribution in [2.45, 2.75) is 0 Å². The highest BCUT2D eigenvalue weighted by Gasteiger charge is 2.07. The van der Waals surface area contributed by atoms with Crippen LogP contribution in [-0.2, 0) is 7.05 Å². The lowest BCUT2D eigenvalue weighted by Gasteiger charge is -2.04. The predicted octanol–water partition coefficient (Wildman–Crippen LogP) is 1.07. The molecule has 2 heterocycles. The van der Waals surface area contributed by atoms with E-state index in [2.05, 4.69) is 15.3 Å². The molecule has 0 saturated carbocycles. The molecule has 0 atom stereocenters. The second kappa shape index (κ2) is 3.91. The number of amides is 1. The van der Waals surface area contributed by atoms with E-state index < -0.39 is 0 Å². The van der Waals surface area contributed by atoms with Crippen LogP contribution in [0.4, 0.5) is 5.82 Å². The molecule has 0 fully saturated rings. The van der Waals surface area contributed by atoms with Crippen LogP contribution in [0.2, 0.25) is 0 Å². The fourth-order valence-electron chi connectivity index (χ4n) is 1.16. The number of aromatic nitrogens is 3. The Hall–Kier alpha value is -2.17. The minimum absolute atomic E-state index is 0.188. The smallest absolute Gasteiger partial charge is 0.258 e. The Morgan fingerprint density at radius 2 is 2.27 bits per heavy atom. The number of carbonyl (C=O) groups is 1. The molecule has 0 radical (unpaired) electrons. The van der Waals surface area contributed by atoms with Crippen LogP contribution in [0.1, 0.15) is 10.4 Å². The number of pyridine rings is 1. The number of imidazole rings is 1. The third-order valence-corrected chi connectivity index (χ3v) is 1.98. The molecule has 0 aliphatic heterocycles.